The van der Waals surface area contributed by atoms with Gasteiger partial charge in [0.1, 0.15) is 6.61 Å². The third kappa shape index (κ3) is 5.06. The van der Waals surface area contributed by atoms with Crippen molar-refractivity contribution in [2.24, 2.45) is 0 Å². The molecule has 20 heavy (non-hydrogen) atoms. The fourth-order valence-corrected chi connectivity index (χ4v) is 1.15. The van der Waals surface area contributed by atoms with Crippen LogP contribution >= 0.6 is 0 Å². The van der Waals surface area contributed by atoms with Gasteiger partial charge in [0.25, 0.3) is 0 Å². The number of rotatable bonds is 5. The number of benzene rings is 1. The van der Waals surface area contributed by atoms with E-state index in [1.54, 1.807) is 30.3 Å². The summed E-state index contributed by atoms with van der Waals surface area (Å²) < 4.78 is 41.6. The van der Waals surface area contributed by atoms with Gasteiger partial charge in [-0.05, 0) is 12.5 Å². The van der Waals surface area contributed by atoms with Crippen molar-refractivity contribution in [3.05, 3.63) is 35.9 Å². The molecule has 0 aliphatic heterocycles. The summed E-state index contributed by atoms with van der Waals surface area (Å²) in [5.74, 6) is 0. The van der Waals surface area contributed by atoms with Crippen LogP contribution in [0.3, 0.4) is 0 Å². The van der Waals surface area contributed by atoms with Gasteiger partial charge in [0.05, 0.1) is 6.54 Å². The average Bonchev–Trinajstić information content (AvgIpc) is 2.36. The minimum absolute atomic E-state index is 0.00990. The van der Waals surface area contributed by atoms with Gasteiger partial charge in [-0.2, -0.15) is 13.2 Å². The zero-order chi connectivity index (χ0) is 15.2. The molecule has 0 aliphatic rings. The second-order valence-electron chi connectivity index (χ2n) is 4.31. The quantitative estimate of drug-likeness (QED) is 0.723. The first-order valence-corrected chi connectivity index (χ1v) is 5.71. The number of hydrogen-bond acceptors (Lipinski definition) is 4. The Hall–Kier alpha value is -1.80. The number of hydrazine groups is 1. The van der Waals surface area contributed by atoms with Crippen molar-refractivity contribution in [2.75, 3.05) is 6.54 Å². The van der Waals surface area contributed by atoms with Gasteiger partial charge in [-0.3, -0.25) is 5.43 Å². The van der Waals surface area contributed by atoms with Gasteiger partial charge in [-0.25, -0.2) is 10.2 Å². The molecular weight excluding hydrogens is 277 g/mol. The first-order chi connectivity index (χ1) is 9.22. The van der Waals surface area contributed by atoms with Crippen LogP contribution in [0.5, 0.6) is 0 Å². The number of aliphatic hydroxyl groups is 1. The molecule has 1 amide bonds. The predicted octanol–water partition coefficient (Wildman–Crippen LogP) is 1.73. The smallest absolute Gasteiger partial charge is 0.421 e. The van der Waals surface area contributed by atoms with Crippen LogP contribution in [0, 0.1) is 0 Å². The van der Waals surface area contributed by atoms with E-state index in [0.717, 1.165) is 5.56 Å². The second-order valence-corrected chi connectivity index (χ2v) is 4.31. The van der Waals surface area contributed by atoms with Crippen LogP contribution < -0.4 is 10.9 Å². The van der Waals surface area contributed by atoms with Crippen molar-refractivity contribution in [2.45, 2.75) is 25.3 Å². The van der Waals surface area contributed by atoms with Crippen LogP contribution in [0.15, 0.2) is 30.3 Å². The van der Waals surface area contributed by atoms with E-state index in [2.05, 4.69) is 0 Å². The van der Waals surface area contributed by atoms with Crippen LogP contribution in [0.2, 0.25) is 0 Å². The molecule has 0 saturated carbocycles. The second kappa shape index (κ2) is 6.58. The summed E-state index contributed by atoms with van der Waals surface area (Å²) >= 11 is 0. The number of halogens is 3. The van der Waals surface area contributed by atoms with Crippen LogP contribution in [-0.4, -0.2) is 29.5 Å². The zero-order valence-electron chi connectivity index (χ0n) is 10.7. The van der Waals surface area contributed by atoms with Crippen molar-refractivity contribution in [1.29, 1.82) is 0 Å². The van der Waals surface area contributed by atoms with Crippen LogP contribution in [-0.2, 0) is 11.3 Å². The van der Waals surface area contributed by atoms with E-state index in [4.69, 9.17) is 9.84 Å². The van der Waals surface area contributed by atoms with Gasteiger partial charge < -0.3 is 9.84 Å². The molecule has 3 N–H and O–H groups in total. The molecule has 0 aromatic heterocycles. The largest absolute Gasteiger partial charge is 0.444 e. The highest BCUT2D eigenvalue weighted by molar-refractivity contribution is 5.66. The lowest BCUT2D eigenvalue weighted by molar-refractivity contribution is -0.250. The average molecular weight is 292 g/mol. The topological polar surface area (TPSA) is 70.6 Å². The standard InChI is InChI=1S/C12H15F3N2O3/c1-11(19,12(13,14)15)8-16-17-10(18)20-7-9-5-3-2-4-6-9/h2-6,16,19H,7-8H2,1H3,(H,17,18). The Morgan fingerprint density at radius 3 is 2.45 bits per heavy atom. The normalized spacial score (nSPS) is 14.4. The predicted molar refractivity (Wildman–Crippen MR) is 64.4 cm³/mol. The molecule has 0 heterocycles. The highest BCUT2D eigenvalue weighted by Crippen LogP contribution is 2.28. The molecule has 1 unspecified atom stereocenters. The zero-order valence-corrected chi connectivity index (χ0v) is 10.7. The van der Waals surface area contributed by atoms with E-state index >= 15 is 0 Å². The van der Waals surface area contributed by atoms with Crippen molar-refractivity contribution >= 4 is 6.09 Å². The Kier molecular flexibility index (Phi) is 5.34. The van der Waals surface area contributed by atoms with Gasteiger partial charge in [-0.1, -0.05) is 30.3 Å². The van der Waals surface area contributed by atoms with Crippen molar-refractivity contribution in [1.82, 2.24) is 10.9 Å². The Morgan fingerprint density at radius 1 is 1.30 bits per heavy atom. The number of nitrogens with one attached hydrogen (secondary N) is 2. The molecule has 1 aromatic carbocycles. The Balaban J connectivity index is 2.27. The van der Waals surface area contributed by atoms with Crippen molar-refractivity contribution in [3.8, 4) is 0 Å². The highest BCUT2D eigenvalue weighted by atomic mass is 19.4. The summed E-state index contributed by atoms with van der Waals surface area (Å²) in [5.41, 5.74) is 1.68. The fourth-order valence-electron chi connectivity index (χ4n) is 1.15. The van der Waals surface area contributed by atoms with E-state index in [9.17, 15) is 18.0 Å². The van der Waals surface area contributed by atoms with Gasteiger partial charge >= 0.3 is 12.3 Å². The third-order valence-corrected chi connectivity index (χ3v) is 2.45. The summed E-state index contributed by atoms with van der Waals surface area (Å²) in [5, 5.41) is 9.09. The van der Waals surface area contributed by atoms with Crippen molar-refractivity contribution < 1.29 is 27.8 Å². The maximum atomic E-state index is 12.3. The minimum Gasteiger partial charge on any atom is -0.444 e. The van der Waals surface area contributed by atoms with Crippen LogP contribution in [0.4, 0.5) is 18.0 Å². The maximum Gasteiger partial charge on any atom is 0.421 e. The summed E-state index contributed by atoms with van der Waals surface area (Å²) in [6, 6.07) is 8.78. The molecule has 0 aliphatic carbocycles. The molecule has 5 nitrogen and oxygen atoms in total. The lowest BCUT2D eigenvalue weighted by Gasteiger charge is -2.26. The van der Waals surface area contributed by atoms with Gasteiger partial charge in [-0.15, -0.1) is 0 Å². The first kappa shape index (κ1) is 16.3. The summed E-state index contributed by atoms with van der Waals surface area (Å²) in [6.07, 6.45) is -5.73. The van der Waals surface area contributed by atoms with Crippen LogP contribution in [0.1, 0.15) is 12.5 Å². The molecule has 8 heteroatoms. The van der Waals surface area contributed by atoms with Gasteiger partial charge in [0, 0.05) is 0 Å². The van der Waals surface area contributed by atoms with E-state index in [1.165, 1.54) is 0 Å². The van der Waals surface area contributed by atoms with E-state index in [0.29, 0.717) is 6.92 Å². The monoisotopic (exact) mass is 292 g/mol. The number of ether oxygens (including phenoxy) is 1. The lowest BCUT2D eigenvalue weighted by atomic mass is 10.1. The van der Waals surface area contributed by atoms with E-state index in [-0.39, 0.29) is 6.61 Å². The number of amides is 1. The van der Waals surface area contributed by atoms with Gasteiger partial charge in [0.2, 0.25) is 0 Å². The molecule has 0 fully saturated rings. The first-order valence-electron chi connectivity index (χ1n) is 5.71. The molecule has 0 saturated heterocycles. The Morgan fingerprint density at radius 2 is 1.90 bits per heavy atom. The number of alkyl halides is 3. The lowest BCUT2D eigenvalue weighted by Crippen LogP contribution is -2.54. The van der Waals surface area contributed by atoms with Crippen molar-refractivity contribution in [3.63, 3.8) is 0 Å². The maximum absolute atomic E-state index is 12.3. The molecular formula is C12H15F3N2O3. The summed E-state index contributed by atoms with van der Waals surface area (Å²) in [6.45, 7) is -0.308. The molecule has 112 valence electrons. The summed E-state index contributed by atoms with van der Waals surface area (Å²) in [7, 11) is 0. The number of carbonyl (C=O) groups is 1. The number of carbonyl (C=O) groups excluding carboxylic acids is 1. The highest BCUT2D eigenvalue weighted by Gasteiger charge is 2.49. The Bertz CT molecular complexity index is 435. The van der Waals surface area contributed by atoms with E-state index in [1.807, 2.05) is 10.9 Å². The molecule has 0 bridgehead atoms. The van der Waals surface area contributed by atoms with Gasteiger partial charge in [0.15, 0.2) is 5.60 Å². The third-order valence-electron chi connectivity index (χ3n) is 2.45. The Labute approximate surface area is 113 Å². The summed E-state index contributed by atoms with van der Waals surface area (Å²) in [4.78, 5) is 11.2. The molecule has 0 radical (unpaired) electrons. The number of hydrogen-bond donors (Lipinski definition) is 3. The molecule has 1 atom stereocenters. The van der Waals surface area contributed by atoms with E-state index < -0.39 is 24.4 Å². The SMILES string of the molecule is CC(O)(CNNC(=O)OCc1ccccc1)C(F)(F)F. The fraction of sp³-hybridized carbons (Fsp3) is 0.417. The molecule has 1 aromatic rings. The molecule has 0 spiro atoms. The minimum atomic E-state index is -4.80. The molecule has 1 rings (SSSR count). The van der Waals surface area contributed by atoms with Crippen LogP contribution in [0.25, 0.3) is 0 Å².